The minimum absolute atomic E-state index is 0.0111. The van der Waals surface area contributed by atoms with Crippen LogP contribution in [0.25, 0.3) is 0 Å². The minimum atomic E-state index is -0.756. The molecule has 6 atom stereocenters. The second-order valence-corrected chi connectivity index (χ2v) is 17.2. The lowest BCUT2D eigenvalue weighted by Gasteiger charge is -2.35. The lowest BCUT2D eigenvalue weighted by atomic mass is 10.2. The van der Waals surface area contributed by atoms with E-state index in [1.807, 2.05) is 41.5 Å². The van der Waals surface area contributed by atoms with E-state index in [9.17, 15) is 28.8 Å². The van der Waals surface area contributed by atoms with Crippen LogP contribution in [0.5, 0.6) is 0 Å². The Labute approximate surface area is 409 Å². The van der Waals surface area contributed by atoms with E-state index in [-0.39, 0.29) is 90.6 Å². The van der Waals surface area contributed by atoms with E-state index < -0.39 is 72.4 Å². The van der Waals surface area contributed by atoms with Crippen LogP contribution in [-0.2, 0) is 57.2 Å². The molecule has 0 saturated carbocycles. The molecular weight excluding hydrogens is 889 g/mol. The fourth-order valence-electron chi connectivity index (χ4n) is 5.97. The summed E-state index contributed by atoms with van der Waals surface area (Å²) in [6.45, 7) is 42.6. The van der Waals surface area contributed by atoms with Gasteiger partial charge in [0.05, 0.1) is 39.3 Å². The second-order valence-electron chi connectivity index (χ2n) is 17.2. The van der Waals surface area contributed by atoms with Crippen molar-refractivity contribution in [3.8, 4) is 0 Å². The molecule has 18 heteroatoms. The number of rotatable bonds is 33. The number of nitrogens with zero attached hydrogens (tertiary/aromatic N) is 6. The molecule has 0 saturated heterocycles. The van der Waals surface area contributed by atoms with Crippen LogP contribution >= 0.6 is 0 Å². The number of hydrogen-bond donors (Lipinski definition) is 0. The fraction of sp³-hybridized carbons (Fsp3) is 0.588. The number of ether oxygens (including phenoxy) is 6. The zero-order valence-corrected chi connectivity index (χ0v) is 43.3. The van der Waals surface area contributed by atoms with Gasteiger partial charge in [-0.25, -0.2) is 28.8 Å². The van der Waals surface area contributed by atoms with Gasteiger partial charge in [-0.3, -0.25) is 0 Å². The molecule has 6 unspecified atom stereocenters. The highest BCUT2D eigenvalue weighted by atomic mass is 16.6. The normalized spacial score (nSPS) is 13.4. The predicted octanol–water partition coefficient (Wildman–Crippen LogP) is 7.68. The van der Waals surface area contributed by atoms with E-state index in [0.29, 0.717) is 38.5 Å². The van der Waals surface area contributed by atoms with Crippen LogP contribution in [0.2, 0.25) is 0 Å². The third-order valence-corrected chi connectivity index (χ3v) is 10.5. The highest BCUT2D eigenvalue weighted by Crippen LogP contribution is 2.26. The van der Waals surface area contributed by atoms with E-state index in [1.165, 1.54) is 41.5 Å². The van der Waals surface area contributed by atoms with Crippen molar-refractivity contribution in [3.05, 3.63) is 72.9 Å². The SMILES string of the molecule is C=C(C)C(=O)OC(CC)CN(CC(CC)OC(=O)C(=C)C)c1nc(N(CC(CC)OC(=O)C(=C)C)CC(CC)OC(=O)C(=C)C)nc(N(CC(CC)OC(=O)C(=C)C)CC(CC)OC(=O)C(=C)C)n1. The molecule has 384 valence electrons. The molecule has 0 aliphatic carbocycles. The Kier molecular flexibility index (Phi) is 26.6. The van der Waals surface area contributed by atoms with Crippen LogP contribution in [0.15, 0.2) is 72.9 Å². The lowest BCUT2D eigenvalue weighted by molar-refractivity contribution is -0.145. The maximum atomic E-state index is 13.0. The largest absolute Gasteiger partial charge is 0.457 e. The summed E-state index contributed by atoms with van der Waals surface area (Å²) in [5.74, 6) is -3.64. The van der Waals surface area contributed by atoms with Gasteiger partial charge in [0.25, 0.3) is 0 Å². The van der Waals surface area contributed by atoms with Gasteiger partial charge in [0.15, 0.2) is 0 Å². The summed E-state index contributed by atoms with van der Waals surface area (Å²) in [5, 5.41) is 0. The molecule has 0 aliphatic heterocycles. The Hall–Kier alpha value is -6.33. The van der Waals surface area contributed by atoms with Gasteiger partial charge in [-0.2, -0.15) is 15.0 Å². The van der Waals surface area contributed by atoms with Gasteiger partial charge in [0.1, 0.15) is 36.6 Å². The quantitative estimate of drug-likeness (QED) is 0.0376. The third kappa shape index (κ3) is 21.2. The standard InChI is InChI=1S/C51H78N6O12/c1-19-37(64-43(58)31(7)8)25-55(26-38(20-2)65-44(59)32(9)10)49-52-50(56(27-39(21-3)66-45(60)33(11)12)28-40(22-4)67-46(61)34(13)14)54-51(53-49)57(29-41(23-5)68-47(62)35(15)16)30-42(24-6)69-48(63)36(17)18/h37-42H,7,9,11,13,15,17,19-30H2,1-6,8,10,12,14,16,18H3. The molecule has 69 heavy (non-hydrogen) atoms. The summed E-state index contributed by atoms with van der Waals surface area (Å²) in [6.07, 6.45) is -2.46. The van der Waals surface area contributed by atoms with Gasteiger partial charge in [0, 0.05) is 33.4 Å². The van der Waals surface area contributed by atoms with E-state index in [0.717, 1.165) is 0 Å². The molecule has 1 rings (SSSR count). The van der Waals surface area contributed by atoms with Crippen molar-refractivity contribution in [2.45, 2.75) is 158 Å². The van der Waals surface area contributed by atoms with Crippen molar-refractivity contribution in [1.29, 1.82) is 0 Å². The predicted molar refractivity (Wildman–Crippen MR) is 266 cm³/mol. The topological polar surface area (TPSA) is 206 Å². The number of esters is 6. The molecule has 1 heterocycles. The Morgan fingerprint density at radius 2 is 0.464 bits per heavy atom. The summed E-state index contributed by atoms with van der Waals surface area (Å²) in [7, 11) is 0. The first-order chi connectivity index (χ1) is 32.3. The average molecular weight is 967 g/mol. The van der Waals surface area contributed by atoms with Crippen molar-refractivity contribution >= 4 is 53.7 Å². The molecule has 0 N–H and O–H groups in total. The van der Waals surface area contributed by atoms with Gasteiger partial charge in [0.2, 0.25) is 17.8 Å². The molecule has 0 radical (unpaired) electrons. The Morgan fingerprint density at radius 3 is 0.565 bits per heavy atom. The van der Waals surface area contributed by atoms with Crippen molar-refractivity contribution in [1.82, 2.24) is 15.0 Å². The van der Waals surface area contributed by atoms with Crippen LogP contribution in [0.3, 0.4) is 0 Å². The Balaban J connectivity index is 4.64. The summed E-state index contributed by atoms with van der Waals surface area (Å²) in [6, 6.07) is 0. The van der Waals surface area contributed by atoms with E-state index in [2.05, 4.69) is 39.5 Å². The van der Waals surface area contributed by atoms with Gasteiger partial charge >= 0.3 is 35.8 Å². The van der Waals surface area contributed by atoms with Gasteiger partial charge in [-0.1, -0.05) is 81.0 Å². The van der Waals surface area contributed by atoms with Crippen molar-refractivity contribution in [2.75, 3.05) is 54.0 Å². The molecule has 18 nitrogen and oxygen atoms in total. The first kappa shape index (κ1) is 60.7. The summed E-state index contributed by atoms with van der Waals surface area (Å²) < 4.78 is 35.3. The minimum Gasteiger partial charge on any atom is -0.457 e. The van der Waals surface area contributed by atoms with Crippen molar-refractivity contribution in [2.24, 2.45) is 0 Å². The molecule has 0 aliphatic rings. The molecule has 0 spiro atoms. The van der Waals surface area contributed by atoms with Gasteiger partial charge in [-0.05, 0) is 80.1 Å². The third-order valence-electron chi connectivity index (χ3n) is 10.5. The summed E-state index contributed by atoms with van der Waals surface area (Å²) in [5.41, 5.74) is 1.11. The van der Waals surface area contributed by atoms with Crippen LogP contribution in [0.1, 0.15) is 122 Å². The van der Waals surface area contributed by atoms with E-state index in [4.69, 9.17) is 43.4 Å². The van der Waals surface area contributed by atoms with Crippen LogP contribution in [0, 0.1) is 0 Å². The summed E-state index contributed by atoms with van der Waals surface area (Å²) >= 11 is 0. The molecule has 0 aromatic carbocycles. The number of aromatic nitrogens is 3. The first-order valence-electron chi connectivity index (χ1n) is 23.5. The van der Waals surface area contributed by atoms with Crippen molar-refractivity contribution < 1.29 is 57.2 Å². The fourth-order valence-corrected chi connectivity index (χ4v) is 5.97. The second kappa shape index (κ2) is 30.2. The number of hydrogen-bond acceptors (Lipinski definition) is 18. The Morgan fingerprint density at radius 1 is 0.333 bits per heavy atom. The highest BCUT2D eigenvalue weighted by Gasteiger charge is 2.32. The number of anilines is 3. The maximum absolute atomic E-state index is 13.0. The molecule has 1 aromatic heterocycles. The monoisotopic (exact) mass is 967 g/mol. The highest BCUT2D eigenvalue weighted by molar-refractivity contribution is 5.89. The first-order valence-corrected chi connectivity index (χ1v) is 23.5. The van der Waals surface area contributed by atoms with Crippen molar-refractivity contribution in [3.63, 3.8) is 0 Å². The smallest absolute Gasteiger partial charge is 0.333 e. The summed E-state index contributed by atoms with van der Waals surface area (Å²) in [4.78, 5) is 98.1. The molecule has 0 amide bonds. The maximum Gasteiger partial charge on any atom is 0.333 e. The molecule has 0 bridgehead atoms. The lowest BCUT2D eigenvalue weighted by Crippen LogP contribution is -2.45. The Bertz CT molecular complexity index is 1680. The van der Waals surface area contributed by atoms with Crippen LogP contribution in [-0.4, -0.2) is 127 Å². The van der Waals surface area contributed by atoms with Gasteiger partial charge < -0.3 is 43.1 Å². The van der Waals surface area contributed by atoms with Crippen LogP contribution in [0.4, 0.5) is 17.8 Å². The molecule has 0 fully saturated rings. The number of carbonyl (C=O) groups excluding carboxylic acids is 6. The number of carbonyl (C=O) groups is 6. The van der Waals surface area contributed by atoms with E-state index in [1.54, 1.807) is 14.7 Å². The van der Waals surface area contributed by atoms with Crippen LogP contribution < -0.4 is 14.7 Å². The average Bonchev–Trinajstić information content (AvgIpc) is 3.30. The van der Waals surface area contributed by atoms with E-state index >= 15 is 0 Å². The van der Waals surface area contributed by atoms with Gasteiger partial charge in [-0.15, -0.1) is 0 Å². The zero-order chi connectivity index (χ0) is 52.7. The zero-order valence-electron chi connectivity index (χ0n) is 43.3. The molecular formula is C51H78N6O12. The molecule has 1 aromatic rings.